The van der Waals surface area contributed by atoms with E-state index in [0.29, 0.717) is 17.2 Å². The number of nitrogens with one attached hydrogen (secondary N) is 2. The summed E-state index contributed by atoms with van der Waals surface area (Å²) >= 11 is 5.95. The molecule has 0 aliphatic carbocycles. The van der Waals surface area contributed by atoms with Crippen LogP contribution in [0.2, 0.25) is 5.02 Å². The van der Waals surface area contributed by atoms with Crippen LogP contribution in [0.15, 0.2) is 42.5 Å². The molecule has 1 fully saturated rings. The standard InChI is InChI=1S/C22H25ClN4O4/c23-17-4-2-16(3-5-17)13-26-8-1-9-27(11-10-26)14-21(28)25-22(29)24-18-6-7-19-20(12-18)31-15-30-19/h2-7,12H,1,8-11,13-15H2,(H2,24,25,28,29). The third-order valence-corrected chi connectivity index (χ3v) is 5.50. The molecule has 2 N–H and O–H groups in total. The molecule has 164 valence electrons. The summed E-state index contributed by atoms with van der Waals surface area (Å²) in [6, 6.07) is 12.4. The van der Waals surface area contributed by atoms with Gasteiger partial charge in [-0.25, -0.2) is 4.79 Å². The number of carbonyl (C=O) groups is 2. The van der Waals surface area contributed by atoms with Crippen molar-refractivity contribution in [3.05, 3.63) is 53.1 Å². The minimum atomic E-state index is -0.567. The topological polar surface area (TPSA) is 83.1 Å². The van der Waals surface area contributed by atoms with Crippen LogP contribution in [0.1, 0.15) is 12.0 Å². The van der Waals surface area contributed by atoms with Gasteiger partial charge in [0.1, 0.15) is 0 Å². The first kappa shape index (κ1) is 21.4. The van der Waals surface area contributed by atoms with Crippen LogP contribution in [0.25, 0.3) is 0 Å². The lowest BCUT2D eigenvalue weighted by Crippen LogP contribution is -2.42. The van der Waals surface area contributed by atoms with E-state index in [2.05, 4.69) is 20.4 Å². The fourth-order valence-corrected chi connectivity index (χ4v) is 3.82. The van der Waals surface area contributed by atoms with E-state index in [4.69, 9.17) is 21.1 Å². The molecule has 2 aromatic rings. The highest BCUT2D eigenvalue weighted by Gasteiger charge is 2.19. The Bertz CT molecular complexity index is 938. The van der Waals surface area contributed by atoms with E-state index in [1.165, 1.54) is 5.56 Å². The number of hydrogen-bond donors (Lipinski definition) is 2. The molecule has 31 heavy (non-hydrogen) atoms. The van der Waals surface area contributed by atoms with Gasteiger partial charge in [0.15, 0.2) is 11.5 Å². The van der Waals surface area contributed by atoms with Gasteiger partial charge in [0.2, 0.25) is 12.7 Å². The van der Waals surface area contributed by atoms with Gasteiger partial charge in [-0.15, -0.1) is 0 Å². The maximum atomic E-state index is 12.3. The van der Waals surface area contributed by atoms with Gasteiger partial charge >= 0.3 is 6.03 Å². The first-order chi connectivity index (χ1) is 15.0. The van der Waals surface area contributed by atoms with Gasteiger partial charge in [0, 0.05) is 36.4 Å². The van der Waals surface area contributed by atoms with Crippen molar-refractivity contribution in [2.75, 3.05) is 44.8 Å². The second kappa shape index (κ2) is 10.00. The highest BCUT2D eigenvalue weighted by Crippen LogP contribution is 2.34. The van der Waals surface area contributed by atoms with Crippen LogP contribution in [0.5, 0.6) is 11.5 Å². The van der Waals surface area contributed by atoms with Crippen LogP contribution in [0.3, 0.4) is 0 Å². The first-order valence-electron chi connectivity index (χ1n) is 10.2. The lowest BCUT2D eigenvalue weighted by atomic mass is 10.2. The smallest absolute Gasteiger partial charge is 0.325 e. The SMILES string of the molecule is O=C(CN1CCCN(Cc2ccc(Cl)cc2)CC1)NC(=O)Nc1ccc2c(c1)OCO2. The number of ether oxygens (including phenoxy) is 2. The molecule has 2 heterocycles. The molecule has 0 unspecified atom stereocenters. The fraction of sp³-hybridized carbons (Fsp3) is 0.364. The van der Waals surface area contributed by atoms with Gasteiger partial charge in [-0.2, -0.15) is 0 Å². The second-order valence-corrected chi connectivity index (χ2v) is 8.04. The van der Waals surface area contributed by atoms with Crippen LogP contribution in [-0.2, 0) is 11.3 Å². The largest absolute Gasteiger partial charge is 0.454 e. The number of benzene rings is 2. The summed E-state index contributed by atoms with van der Waals surface area (Å²) in [4.78, 5) is 28.9. The van der Waals surface area contributed by atoms with Crippen molar-refractivity contribution in [2.24, 2.45) is 0 Å². The Hall–Kier alpha value is -2.81. The summed E-state index contributed by atoms with van der Waals surface area (Å²) in [6.45, 7) is 4.61. The predicted molar refractivity (Wildman–Crippen MR) is 118 cm³/mol. The number of halogens is 1. The highest BCUT2D eigenvalue weighted by atomic mass is 35.5. The quantitative estimate of drug-likeness (QED) is 0.737. The zero-order valence-electron chi connectivity index (χ0n) is 17.1. The number of rotatable bonds is 5. The lowest BCUT2D eigenvalue weighted by molar-refractivity contribution is -0.121. The zero-order chi connectivity index (χ0) is 21.6. The monoisotopic (exact) mass is 444 g/mol. The molecule has 2 aliphatic rings. The molecule has 0 aromatic heterocycles. The fourth-order valence-electron chi connectivity index (χ4n) is 3.69. The summed E-state index contributed by atoms with van der Waals surface area (Å²) < 4.78 is 10.5. The van der Waals surface area contributed by atoms with Crippen molar-refractivity contribution in [3.8, 4) is 11.5 Å². The Morgan fingerprint density at radius 3 is 2.52 bits per heavy atom. The number of carbonyl (C=O) groups excluding carboxylic acids is 2. The lowest BCUT2D eigenvalue weighted by Gasteiger charge is -2.21. The van der Waals surface area contributed by atoms with E-state index in [9.17, 15) is 9.59 Å². The van der Waals surface area contributed by atoms with Gasteiger partial charge in [-0.3, -0.25) is 19.9 Å². The number of anilines is 1. The Kier molecular flexibility index (Phi) is 6.91. The molecular weight excluding hydrogens is 420 g/mol. The number of amides is 3. The summed E-state index contributed by atoms with van der Waals surface area (Å²) in [5.74, 6) is 0.870. The van der Waals surface area contributed by atoms with E-state index < -0.39 is 6.03 Å². The van der Waals surface area contributed by atoms with E-state index in [0.717, 1.165) is 44.2 Å². The Balaban J connectivity index is 1.21. The maximum absolute atomic E-state index is 12.3. The molecular formula is C22H25ClN4O4. The molecule has 3 amide bonds. The summed E-state index contributed by atoms with van der Waals surface area (Å²) in [5, 5.41) is 5.77. The van der Waals surface area contributed by atoms with Crippen LogP contribution in [-0.4, -0.2) is 61.3 Å². The average molecular weight is 445 g/mol. The predicted octanol–water partition coefficient (Wildman–Crippen LogP) is 2.92. The van der Waals surface area contributed by atoms with Crippen molar-refractivity contribution in [1.29, 1.82) is 0 Å². The van der Waals surface area contributed by atoms with E-state index in [-0.39, 0.29) is 19.2 Å². The zero-order valence-corrected chi connectivity index (χ0v) is 17.9. The molecule has 4 rings (SSSR count). The normalized spacial score (nSPS) is 16.5. The van der Waals surface area contributed by atoms with Crippen molar-refractivity contribution >= 4 is 29.2 Å². The summed E-state index contributed by atoms with van der Waals surface area (Å²) in [6.07, 6.45) is 0.963. The number of hydrogen-bond acceptors (Lipinski definition) is 6. The van der Waals surface area contributed by atoms with Crippen LogP contribution in [0, 0.1) is 0 Å². The van der Waals surface area contributed by atoms with Crippen molar-refractivity contribution < 1.29 is 19.1 Å². The van der Waals surface area contributed by atoms with E-state index in [1.54, 1.807) is 18.2 Å². The molecule has 8 nitrogen and oxygen atoms in total. The number of urea groups is 1. The van der Waals surface area contributed by atoms with Gasteiger partial charge in [-0.05, 0) is 49.3 Å². The molecule has 0 saturated carbocycles. The second-order valence-electron chi connectivity index (χ2n) is 7.60. The maximum Gasteiger partial charge on any atom is 0.325 e. The van der Waals surface area contributed by atoms with Gasteiger partial charge in [-0.1, -0.05) is 23.7 Å². The summed E-state index contributed by atoms with van der Waals surface area (Å²) in [5.41, 5.74) is 1.75. The molecule has 1 saturated heterocycles. The van der Waals surface area contributed by atoms with Crippen LogP contribution < -0.4 is 20.1 Å². The van der Waals surface area contributed by atoms with Gasteiger partial charge in [0.05, 0.1) is 6.54 Å². The van der Waals surface area contributed by atoms with Crippen molar-refractivity contribution in [2.45, 2.75) is 13.0 Å². The first-order valence-corrected chi connectivity index (χ1v) is 10.6. The minimum absolute atomic E-state index is 0.163. The summed E-state index contributed by atoms with van der Waals surface area (Å²) in [7, 11) is 0. The Labute approximate surface area is 186 Å². The van der Waals surface area contributed by atoms with E-state index >= 15 is 0 Å². The number of imide groups is 1. The molecule has 0 radical (unpaired) electrons. The third-order valence-electron chi connectivity index (χ3n) is 5.25. The molecule has 0 spiro atoms. The molecule has 2 aromatic carbocycles. The molecule has 2 aliphatic heterocycles. The van der Waals surface area contributed by atoms with E-state index in [1.807, 2.05) is 24.3 Å². The van der Waals surface area contributed by atoms with Gasteiger partial charge in [0.25, 0.3) is 0 Å². The Morgan fingerprint density at radius 2 is 1.68 bits per heavy atom. The molecule has 0 atom stereocenters. The van der Waals surface area contributed by atoms with Crippen LogP contribution in [0.4, 0.5) is 10.5 Å². The third kappa shape index (κ3) is 6.10. The molecule has 0 bridgehead atoms. The van der Waals surface area contributed by atoms with Gasteiger partial charge < -0.3 is 14.8 Å². The van der Waals surface area contributed by atoms with Crippen molar-refractivity contribution in [3.63, 3.8) is 0 Å². The minimum Gasteiger partial charge on any atom is -0.454 e. The molecule has 9 heteroatoms. The van der Waals surface area contributed by atoms with Crippen molar-refractivity contribution in [1.82, 2.24) is 15.1 Å². The number of fused-ring (bicyclic) bond motifs is 1. The van der Waals surface area contributed by atoms with Crippen LogP contribution >= 0.6 is 11.6 Å². The number of nitrogens with zero attached hydrogens (tertiary/aromatic N) is 2. The Morgan fingerprint density at radius 1 is 0.935 bits per heavy atom. The highest BCUT2D eigenvalue weighted by molar-refractivity contribution is 6.30. The average Bonchev–Trinajstić information content (AvgIpc) is 3.10.